The minimum absolute atomic E-state index is 0.627. The highest BCUT2D eigenvalue weighted by atomic mass is 32.1. The van der Waals surface area contributed by atoms with Crippen molar-refractivity contribution in [3.63, 3.8) is 0 Å². The molecule has 0 spiro atoms. The first-order valence-corrected chi connectivity index (χ1v) is 9.03. The predicted molar refractivity (Wildman–Crippen MR) is 84.0 cm³/mol. The molecule has 1 atom stereocenters. The van der Waals surface area contributed by atoms with Crippen molar-refractivity contribution in [1.29, 1.82) is 0 Å². The van der Waals surface area contributed by atoms with Gasteiger partial charge in [-0.15, -0.1) is 11.3 Å². The molecular formula is C17H27NS. The Labute approximate surface area is 121 Å². The molecule has 19 heavy (non-hydrogen) atoms. The quantitative estimate of drug-likeness (QED) is 0.732. The van der Waals surface area contributed by atoms with Crippen LogP contribution in [0.25, 0.3) is 0 Å². The van der Waals surface area contributed by atoms with Crippen LogP contribution in [-0.2, 0) is 12.8 Å². The molecule has 0 radical (unpaired) electrons. The average molecular weight is 277 g/mol. The van der Waals surface area contributed by atoms with Gasteiger partial charge in [-0.05, 0) is 62.6 Å². The molecular weight excluding hydrogens is 250 g/mol. The van der Waals surface area contributed by atoms with Crippen LogP contribution < -0.4 is 5.32 Å². The largest absolute Gasteiger partial charge is 0.310 e. The van der Waals surface area contributed by atoms with Gasteiger partial charge < -0.3 is 5.32 Å². The van der Waals surface area contributed by atoms with Crippen LogP contribution in [0.5, 0.6) is 0 Å². The van der Waals surface area contributed by atoms with Crippen LogP contribution in [0.3, 0.4) is 0 Å². The van der Waals surface area contributed by atoms with Crippen molar-refractivity contribution in [1.82, 2.24) is 5.32 Å². The molecule has 0 aliphatic heterocycles. The maximum atomic E-state index is 3.72. The third-order valence-corrected chi connectivity index (χ3v) is 5.97. The Morgan fingerprint density at radius 1 is 1.26 bits per heavy atom. The molecule has 1 aromatic heterocycles. The molecule has 1 fully saturated rings. The summed E-state index contributed by atoms with van der Waals surface area (Å²) < 4.78 is 0. The molecule has 1 saturated carbocycles. The molecule has 1 nitrogen and oxygen atoms in total. The van der Waals surface area contributed by atoms with Gasteiger partial charge in [0.2, 0.25) is 0 Å². The Morgan fingerprint density at radius 3 is 2.89 bits per heavy atom. The Kier molecular flexibility index (Phi) is 4.60. The van der Waals surface area contributed by atoms with Crippen molar-refractivity contribution >= 4 is 11.3 Å². The Bertz CT molecular complexity index is 382. The zero-order chi connectivity index (χ0) is 13.1. The van der Waals surface area contributed by atoms with Gasteiger partial charge in [0.25, 0.3) is 0 Å². The van der Waals surface area contributed by atoms with Crippen molar-refractivity contribution < 1.29 is 0 Å². The maximum absolute atomic E-state index is 3.72. The lowest BCUT2D eigenvalue weighted by molar-refractivity contribution is 0.487. The van der Waals surface area contributed by atoms with E-state index in [4.69, 9.17) is 0 Å². The molecule has 1 heterocycles. The minimum Gasteiger partial charge on any atom is -0.310 e. The topological polar surface area (TPSA) is 12.0 Å². The Balaban J connectivity index is 1.69. The second-order valence-corrected chi connectivity index (χ2v) is 7.46. The van der Waals surface area contributed by atoms with E-state index in [2.05, 4.69) is 29.6 Å². The summed E-state index contributed by atoms with van der Waals surface area (Å²) in [5.41, 5.74) is 1.67. The zero-order valence-corrected chi connectivity index (χ0v) is 13.0. The number of hydrogen-bond donors (Lipinski definition) is 1. The third-order valence-electron chi connectivity index (χ3n) is 4.62. The highest BCUT2D eigenvalue weighted by molar-refractivity contribution is 7.12. The van der Waals surface area contributed by atoms with Crippen LogP contribution >= 0.6 is 11.3 Å². The lowest BCUT2D eigenvalue weighted by atomic mass is 10.0. The van der Waals surface area contributed by atoms with Crippen LogP contribution in [-0.4, -0.2) is 6.54 Å². The first-order valence-electron chi connectivity index (χ1n) is 8.21. The monoisotopic (exact) mass is 277 g/mol. The molecule has 3 rings (SSSR count). The van der Waals surface area contributed by atoms with E-state index < -0.39 is 0 Å². The summed E-state index contributed by atoms with van der Waals surface area (Å²) >= 11 is 2.11. The maximum Gasteiger partial charge on any atom is 0.0415 e. The van der Waals surface area contributed by atoms with E-state index in [1.165, 1.54) is 57.8 Å². The SMILES string of the molecule is CCNC(CCC1CC1)c1cc2c(s1)CCCCC2. The fraction of sp³-hybridized carbons (Fsp3) is 0.765. The summed E-state index contributed by atoms with van der Waals surface area (Å²) in [6.07, 6.45) is 12.6. The highest BCUT2D eigenvalue weighted by Gasteiger charge is 2.24. The van der Waals surface area contributed by atoms with Crippen LogP contribution in [0.1, 0.15) is 73.2 Å². The molecule has 1 N–H and O–H groups in total. The summed E-state index contributed by atoms with van der Waals surface area (Å²) in [5, 5.41) is 3.72. The fourth-order valence-corrected chi connectivity index (χ4v) is 4.63. The first-order chi connectivity index (χ1) is 9.36. The van der Waals surface area contributed by atoms with Crippen molar-refractivity contribution in [2.75, 3.05) is 6.54 Å². The van der Waals surface area contributed by atoms with E-state index in [1.54, 1.807) is 15.3 Å². The van der Waals surface area contributed by atoms with Gasteiger partial charge in [0.15, 0.2) is 0 Å². The van der Waals surface area contributed by atoms with Gasteiger partial charge in [-0.25, -0.2) is 0 Å². The smallest absolute Gasteiger partial charge is 0.0415 e. The van der Waals surface area contributed by atoms with Crippen LogP contribution in [0.2, 0.25) is 0 Å². The average Bonchev–Trinajstić information content (AvgIpc) is 3.19. The summed E-state index contributed by atoms with van der Waals surface area (Å²) in [6, 6.07) is 3.16. The number of fused-ring (bicyclic) bond motifs is 1. The zero-order valence-electron chi connectivity index (χ0n) is 12.2. The van der Waals surface area contributed by atoms with E-state index in [0.717, 1.165) is 12.5 Å². The van der Waals surface area contributed by atoms with Gasteiger partial charge in [0.1, 0.15) is 0 Å². The fourth-order valence-electron chi connectivity index (χ4n) is 3.26. The molecule has 1 unspecified atom stereocenters. The number of nitrogens with one attached hydrogen (secondary N) is 1. The van der Waals surface area contributed by atoms with E-state index in [-0.39, 0.29) is 0 Å². The van der Waals surface area contributed by atoms with Gasteiger partial charge in [-0.3, -0.25) is 0 Å². The van der Waals surface area contributed by atoms with Gasteiger partial charge in [-0.2, -0.15) is 0 Å². The van der Waals surface area contributed by atoms with E-state index in [1.807, 2.05) is 0 Å². The van der Waals surface area contributed by atoms with Crippen LogP contribution in [0, 0.1) is 5.92 Å². The van der Waals surface area contributed by atoms with Crippen LogP contribution in [0.4, 0.5) is 0 Å². The number of aryl methyl sites for hydroxylation is 2. The molecule has 1 aromatic rings. The lowest BCUT2D eigenvalue weighted by Gasteiger charge is -2.16. The van der Waals surface area contributed by atoms with E-state index >= 15 is 0 Å². The molecule has 2 aliphatic rings. The van der Waals surface area contributed by atoms with Gasteiger partial charge >= 0.3 is 0 Å². The van der Waals surface area contributed by atoms with Crippen molar-refractivity contribution in [3.05, 3.63) is 21.4 Å². The number of hydrogen-bond acceptors (Lipinski definition) is 2. The second-order valence-electron chi connectivity index (χ2n) is 6.29. The second kappa shape index (κ2) is 6.41. The molecule has 0 bridgehead atoms. The first kappa shape index (κ1) is 13.6. The van der Waals surface area contributed by atoms with Crippen LogP contribution in [0.15, 0.2) is 6.07 Å². The van der Waals surface area contributed by atoms with Crippen molar-refractivity contribution in [2.45, 2.75) is 70.8 Å². The highest BCUT2D eigenvalue weighted by Crippen LogP contribution is 2.38. The lowest BCUT2D eigenvalue weighted by Crippen LogP contribution is -2.20. The van der Waals surface area contributed by atoms with Crippen molar-refractivity contribution in [2.24, 2.45) is 5.92 Å². The summed E-state index contributed by atoms with van der Waals surface area (Å²) in [4.78, 5) is 3.32. The minimum atomic E-state index is 0.627. The van der Waals surface area contributed by atoms with Gasteiger partial charge in [0, 0.05) is 15.8 Å². The van der Waals surface area contributed by atoms with Crippen molar-refractivity contribution in [3.8, 4) is 0 Å². The molecule has 0 saturated heterocycles. The Hall–Kier alpha value is -0.340. The molecule has 0 aromatic carbocycles. The molecule has 2 aliphatic carbocycles. The Morgan fingerprint density at radius 2 is 2.11 bits per heavy atom. The third kappa shape index (κ3) is 3.61. The molecule has 0 amide bonds. The molecule has 2 heteroatoms. The van der Waals surface area contributed by atoms with E-state index in [0.29, 0.717) is 6.04 Å². The molecule has 106 valence electrons. The summed E-state index contributed by atoms with van der Waals surface area (Å²) in [6.45, 7) is 3.33. The number of thiophene rings is 1. The number of rotatable bonds is 6. The standard InChI is InChI=1S/C17H27NS/c1-2-18-15(11-10-13-8-9-13)17-12-14-6-4-3-5-7-16(14)19-17/h12-13,15,18H,2-11H2,1H3. The van der Waals surface area contributed by atoms with Gasteiger partial charge in [0.05, 0.1) is 0 Å². The normalized spacial score (nSPS) is 20.9. The van der Waals surface area contributed by atoms with E-state index in [9.17, 15) is 0 Å². The predicted octanol–water partition coefficient (Wildman–Crippen LogP) is 4.86. The summed E-state index contributed by atoms with van der Waals surface area (Å²) in [5.74, 6) is 1.05. The van der Waals surface area contributed by atoms with Gasteiger partial charge in [-0.1, -0.05) is 26.2 Å². The summed E-state index contributed by atoms with van der Waals surface area (Å²) in [7, 11) is 0.